The molecule has 0 amide bonds. The van der Waals surface area contributed by atoms with Crippen LogP contribution in [0.25, 0.3) is 11.5 Å². The van der Waals surface area contributed by atoms with Crippen molar-refractivity contribution in [2.45, 2.75) is 52.2 Å². The van der Waals surface area contributed by atoms with Crippen LogP contribution >= 0.6 is 0 Å². The highest BCUT2D eigenvalue weighted by Gasteiger charge is 2.40. The number of carboxylic acids is 1. The topological polar surface area (TPSA) is 81.8 Å². The Morgan fingerprint density at radius 1 is 1.19 bits per heavy atom. The first kappa shape index (κ1) is 19.6. The maximum absolute atomic E-state index is 11.1. The summed E-state index contributed by atoms with van der Waals surface area (Å²) < 4.78 is 16.6. The van der Waals surface area contributed by atoms with E-state index in [9.17, 15) is 4.79 Å². The van der Waals surface area contributed by atoms with Crippen molar-refractivity contribution in [2.75, 3.05) is 13.2 Å². The van der Waals surface area contributed by atoms with E-state index in [1.54, 1.807) is 0 Å². The van der Waals surface area contributed by atoms with Crippen LogP contribution in [0, 0.1) is 19.8 Å². The predicted octanol–water partition coefficient (Wildman–Crippen LogP) is 4.14. The van der Waals surface area contributed by atoms with Gasteiger partial charge in [0, 0.05) is 18.4 Å². The normalized spacial score (nSPS) is 22.7. The molecule has 0 aliphatic carbocycles. The Balaban J connectivity index is 1.45. The lowest BCUT2D eigenvalue weighted by Gasteiger charge is -2.34. The van der Waals surface area contributed by atoms with Crippen LogP contribution in [0.1, 0.15) is 43.2 Å². The number of aromatic nitrogens is 1. The maximum atomic E-state index is 11.1. The maximum Gasteiger partial charge on any atom is 0.364 e. The van der Waals surface area contributed by atoms with Gasteiger partial charge in [0.2, 0.25) is 5.89 Å². The number of ether oxygens (including phenoxy) is 2. The number of carbonyl (C=O) groups is 1. The van der Waals surface area contributed by atoms with Crippen LogP contribution in [0.3, 0.4) is 0 Å². The minimum atomic E-state index is -1.50. The van der Waals surface area contributed by atoms with Gasteiger partial charge in [-0.25, -0.2) is 9.78 Å². The number of carboxylic acid groups (broad SMARTS) is 1. The predicted molar refractivity (Wildman–Crippen MR) is 100 cm³/mol. The first-order chi connectivity index (χ1) is 12.9. The Morgan fingerprint density at radius 2 is 1.85 bits per heavy atom. The largest absolute Gasteiger partial charge is 0.477 e. The van der Waals surface area contributed by atoms with Crippen molar-refractivity contribution in [1.29, 1.82) is 0 Å². The molecule has 2 heterocycles. The molecule has 0 atom stereocenters. The molecule has 1 aromatic carbocycles. The molecule has 0 spiro atoms. The molecule has 1 aliphatic rings. The standard InChI is InChI=1S/C21H27NO5/c1-14-8-10-17(11-9-14)19-22-18(15(2)27-19)7-5-4-6-16-12-25-21(3,20(23)24)26-13-16/h8-11,16H,4-7,12-13H2,1-3H3,(H,23,24)/t16-,21-. The molecule has 1 saturated heterocycles. The highest BCUT2D eigenvalue weighted by atomic mass is 16.7. The average molecular weight is 373 g/mol. The van der Waals surface area contributed by atoms with Gasteiger partial charge in [-0.3, -0.25) is 0 Å². The number of hydrogen-bond acceptors (Lipinski definition) is 5. The van der Waals surface area contributed by atoms with Gasteiger partial charge in [0.05, 0.1) is 18.9 Å². The molecule has 1 fully saturated rings. The Bertz CT molecular complexity index is 772. The number of rotatable bonds is 7. The van der Waals surface area contributed by atoms with Gasteiger partial charge in [0.15, 0.2) is 0 Å². The van der Waals surface area contributed by atoms with Crippen molar-refractivity contribution >= 4 is 5.97 Å². The lowest BCUT2D eigenvalue weighted by molar-refractivity contribution is -0.271. The van der Waals surface area contributed by atoms with Crippen molar-refractivity contribution in [3.63, 3.8) is 0 Å². The van der Waals surface area contributed by atoms with E-state index in [4.69, 9.17) is 19.0 Å². The highest BCUT2D eigenvalue weighted by Crippen LogP contribution is 2.26. The second-order valence-corrected chi connectivity index (χ2v) is 7.37. The van der Waals surface area contributed by atoms with Crippen LogP contribution < -0.4 is 0 Å². The molecule has 1 aromatic heterocycles. The Morgan fingerprint density at radius 3 is 2.48 bits per heavy atom. The van der Waals surface area contributed by atoms with E-state index in [-0.39, 0.29) is 5.92 Å². The quantitative estimate of drug-likeness (QED) is 0.735. The SMILES string of the molecule is Cc1ccc(-c2nc(CCCC[C@H]3CO[C@](C)(C(=O)O)OC3)c(C)o2)cc1. The molecular weight excluding hydrogens is 346 g/mol. The molecule has 1 aliphatic heterocycles. The summed E-state index contributed by atoms with van der Waals surface area (Å²) in [6.45, 7) is 6.30. The monoisotopic (exact) mass is 373 g/mol. The lowest BCUT2D eigenvalue weighted by atomic mass is 10.0. The first-order valence-electron chi connectivity index (χ1n) is 9.42. The van der Waals surface area contributed by atoms with E-state index in [2.05, 4.69) is 24.0 Å². The molecule has 146 valence electrons. The van der Waals surface area contributed by atoms with Crippen molar-refractivity contribution < 1.29 is 23.8 Å². The van der Waals surface area contributed by atoms with Crippen LogP contribution in [0.4, 0.5) is 0 Å². The number of unbranched alkanes of at least 4 members (excludes halogenated alkanes) is 1. The lowest BCUT2D eigenvalue weighted by Crippen LogP contribution is -2.47. The first-order valence-corrected chi connectivity index (χ1v) is 9.42. The van der Waals surface area contributed by atoms with Gasteiger partial charge in [-0.05, 0) is 45.2 Å². The van der Waals surface area contributed by atoms with E-state index in [0.29, 0.717) is 19.1 Å². The summed E-state index contributed by atoms with van der Waals surface area (Å²) >= 11 is 0. The molecular formula is C21H27NO5. The van der Waals surface area contributed by atoms with E-state index < -0.39 is 11.8 Å². The van der Waals surface area contributed by atoms with E-state index in [1.165, 1.54) is 12.5 Å². The molecule has 6 nitrogen and oxygen atoms in total. The fourth-order valence-corrected chi connectivity index (χ4v) is 3.14. The van der Waals surface area contributed by atoms with Gasteiger partial charge < -0.3 is 19.0 Å². The number of oxazole rings is 1. The van der Waals surface area contributed by atoms with Gasteiger partial charge in [0.1, 0.15) is 5.76 Å². The van der Waals surface area contributed by atoms with Crippen LogP contribution in [-0.2, 0) is 20.7 Å². The van der Waals surface area contributed by atoms with Crippen molar-refractivity contribution in [3.05, 3.63) is 41.3 Å². The van der Waals surface area contributed by atoms with Gasteiger partial charge in [-0.1, -0.05) is 24.1 Å². The summed E-state index contributed by atoms with van der Waals surface area (Å²) in [5.41, 5.74) is 3.20. The molecule has 6 heteroatoms. The summed E-state index contributed by atoms with van der Waals surface area (Å²) in [6, 6.07) is 8.16. The Labute approximate surface area is 159 Å². The van der Waals surface area contributed by atoms with Gasteiger partial charge >= 0.3 is 5.97 Å². The summed E-state index contributed by atoms with van der Waals surface area (Å²) in [5, 5.41) is 9.08. The zero-order valence-corrected chi connectivity index (χ0v) is 16.2. The molecule has 0 saturated carbocycles. The smallest absolute Gasteiger partial charge is 0.364 e. The third kappa shape index (κ3) is 4.76. The van der Waals surface area contributed by atoms with Gasteiger partial charge in [0.25, 0.3) is 5.79 Å². The zero-order chi connectivity index (χ0) is 19.4. The molecule has 0 unspecified atom stereocenters. The van der Waals surface area contributed by atoms with Crippen molar-refractivity contribution in [2.24, 2.45) is 5.92 Å². The van der Waals surface area contributed by atoms with E-state index in [1.807, 2.05) is 19.1 Å². The molecule has 27 heavy (non-hydrogen) atoms. The summed E-state index contributed by atoms with van der Waals surface area (Å²) in [7, 11) is 0. The van der Waals surface area contributed by atoms with Gasteiger partial charge in [-0.15, -0.1) is 0 Å². The van der Waals surface area contributed by atoms with Crippen molar-refractivity contribution in [3.8, 4) is 11.5 Å². The highest BCUT2D eigenvalue weighted by molar-refractivity contribution is 5.75. The molecule has 2 aromatic rings. The Kier molecular flexibility index (Phi) is 5.97. The molecule has 0 bridgehead atoms. The van der Waals surface area contributed by atoms with Crippen LogP contribution in [0.2, 0.25) is 0 Å². The van der Waals surface area contributed by atoms with Gasteiger partial charge in [-0.2, -0.15) is 0 Å². The second-order valence-electron chi connectivity index (χ2n) is 7.37. The molecule has 1 N–H and O–H groups in total. The summed E-state index contributed by atoms with van der Waals surface area (Å²) in [4.78, 5) is 15.7. The zero-order valence-electron chi connectivity index (χ0n) is 16.2. The minimum absolute atomic E-state index is 0.235. The summed E-state index contributed by atoms with van der Waals surface area (Å²) in [6.07, 6.45) is 3.81. The van der Waals surface area contributed by atoms with E-state index >= 15 is 0 Å². The van der Waals surface area contributed by atoms with E-state index in [0.717, 1.165) is 42.7 Å². The number of aryl methyl sites for hydroxylation is 3. The third-order valence-corrected chi connectivity index (χ3v) is 5.04. The van der Waals surface area contributed by atoms with Crippen LogP contribution in [0.15, 0.2) is 28.7 Å². The molecule has 0 radical (unpaired) electrons. The molecule has 3 rings (SSSR count). The van der Waals surface area contributed by atoms with Crippen molar-refractivity contribution in [1.82, 2.24) is 4.98 Å². The Hall–Kier alpha value is -2.18. The number of benzene rings is 1. The third-order valence-electron chi connectivity index (χ3n) is 5.04. The fraction of sp³-hybridized carbons (Fsp3) is 0.524. The number of aliphatic carboxylic acids is 1. The summed E-state index contributed by atoms with van der Waals surface area (Å²) in [5.74, 6) is -0.803. The van der Waals surface area contributed by atoms with Crippen LogP contribution in [0.5, 0.6) is 0 Å². The fourth-order valence-electron chi connectivity index (χ4n) is 3.14. The second kappa shape index (κ2) is 8.23. The minimum Gasteiger partial charge on any atom is -0.477 e. The number of nitrogens with zero attached hydrogens (tertiary/aromatic N) is 1. The number of hydrogen-bond donors (Lipinski definition) is 1. The average Bonchev–Trinajstić information content (AvgIpc) is 3.01. The van der Waals surface area contributed by atoms with Crippen LogP contribution in [-0.4, -0.2) is 35.1 Å².